The first-order chi connectivity index (χ1) is 30.0. The Labute approximate surface area is 354 Å². The van der Waals surface area contributed by atoms with Crippen LogP contribution in [-0.4, -0.2) is 117 Å². The van der Waals surface area contributed by atoms with Crippen LogP contribution in [0.2, 0.25) is 0 Å². The molecule has 316 valence electrons. The molecule has 2 saturated heterocycles. The number of benzene rings is 3. The quantitative estimate of drug-likeness (QED) is 0.0565. The van der Waals surface area contributed by atoms with E-state index in [9.17, 15) is 28.8 Å². The zero-order chi connectivity index (χ0) is 43.1. The van der Waals surface area contributed by atoms with Gasteiger partial charge >= 0.3 is 0 Å². The van der Waals surface area contributed by atoms with Crippen LogP contribution in [0.5, 0.6) is 0 Å². The van der Waals surface area contributed by atoms with E-state index in [4.69, 9.17) is 21.5 Å². The van der Waals surface area contributed by atoms with E-state index in [0.29, 0.717) is 72.1 Å². The minimum atomic E-state index is -1.04. The number of H-pyrrole nitrogens is 1. The van der Waals surface area contributed by atoms with E-state index < -0.39 is 41.5 Å². The van der Waals surface area contributed by atoms with E-state index in [-0.39, 0.29) is 35.1 Å². The summed E-state index contributed by atoms with van der Waals surface area (Å²) in [7, 11) is 0. The highest BCUT2D eigenvalue weighted by Crippen LogP contribution is 2.37. The van der Waals surface area contributed by atoms with Crippen molar-refractivity contribution in [1.82, 2.24) is 40.4 Å². The number of piperazine rings is 1. The second-order valence-electron chi connectivity index (χ2n) is 15.6. The lowest BCUT2D eigenvalue weighted by Gasteiger charge is -2.35. The number of piperidine rings is 1. The molecule has 4 aliphatic heterocycles. The average molecular weight is 837 g/mol. The van der Waals surface area contributed by atoms with Gasteiger partial charge in [0.05, 0.1) is 33.5 Å². The lowest BCUT2D eigenvalue weighted by molar-refractivity contribution is -0.136. The second kappa shape index (κ2) is 16.5. The standard InChI is InChI=1S/C44H44N12O6/c45-25(15-16-47-32-12-5-9-28-35(32)43(62)56(42(28)61)33-13-14-34(57)50-39(33)58)24-55(46)18-6-17-53-19-21-54(22-20-53)44-49-31-11-4-2-8-27(31)38(51-44)37-36(40(59)52-41(37)60)29-23-48-30-10-3-1-7-26(29)30/h1-5,7-12,23-24,33,47-48H,6,13-22,45-46H2,(H,50,57,58)(H,52,59,60)/b25-24-. The van der Waals surface area contributed by atoms with E-state index in [0.717, 1.165) is 41.9 Å². The molecule has 0 aliphatic carbocycles. The number of nitrogens with one attached hydrogen (secondary N) is 4. The van der Waals surface area contributed by atoms with Crippen LogP contribution < -0.4 is 32.4 Å². The number of rotatable bonds is 13. The molecular weight excluding hydrogens is 793 g/mol. The highest BCUT2D eigenvalue weighted by atomic mass is 16.2. The van der Waals surface area contributed by atoms with Crippen LogP contribution in [0.25, 0.3) is 33.0 Å². The smallest absolute Gasteiger partial charge is 0.264 e. The third-order valence-corrected chi connectivity index (χ3v) is 11.7. The summed E-state index contributed by atoms with van der Waals surface area (Å²) < 4.78 is 0. The van der Waals surface area contributed by atoms with Crippen molar-refractivity contribution in [3.05, 3.63) is 107 Å². The molecule has 0 bridgehead atoms. The van der Waals surface area contributed by atoms with Gasteiger partial charge < -0.3 is 25.9 Å². The van der Waals surface area contributed by atoms with Crippen molar-refractivity contribution < 1.29 is 28.8 Å². The summed E-state index contributed by atoms with van der Waals surface area (Å²) in [4.78, 5) is 95.9. The van der Waals surface area contributed by atoms with Crippen molar-refractivity contribution in [2.24, 2.45) is 11.6 Å². The number of amides is 6. The first-order valence-corrected chi connectivity index (χ1v) is 20.5. The molecule has 2 aromatic heterocycles. The lowest BCUT2D eigenvalue weighted by Crippen LogP contribution is -2.54. The number of fused-ring (bicyclic) bond motifs is 3. The largest absolute Gasteiger partial charge is 0.401 e. The van der Waals surface area contributed by atoms with Crippen LogP contribution in [-0.2, 0) is 19.2 Å². The molecule has 0 saturated carbocycles. The number of aromatic amines is 1. The Kier molecular flexibility index (Phi) is 10.7. The molecule has 5 aromatic rings. The number of anilines is 2. The molecule has 1 unspecified atom stereocenters. The molecule has 62 heavy (non-hydrogen) atoms. The predicted octanol–water partition coefficient (Wildman–Crippen LogP) is 2.07. The first-order valence-electron chi connectivity index (χ1n) is 20.5. The Balaban J connectivity index is 0.788. The van der Waals surface area contributed by atoms with E-state index in [2.05, 4.69) is 30.7 Å². The van der Waals surface area contributed by atoms with Gasteiger partial charge in [-0.05, 0) is 37.1 Å². The Hall–Kier alpha value is -7.44. The van der Waals surface area contributed by atoms with Crippen molar-refractivity contribution in [3.8, 4) is 0 Å². The number of nitrogens with two attached hydrogens (primary N) is 2. The number of hydrogen-bond acceptors (Lipinski definition) is 14. The minimum Gasteiger partial charge on any atom is -0.401 e. The van der Waals surface area contributed by atoms with Gasteiger partial charge in [0.1, 0.15) is 6.04 Å². The summed E-state index contributed by atoms with van der Waals surface area (Å²) in [6, 6.07) is 19.0. The number of para-hydroxylation sites is 2. The maximum absolute atomic E-state index is 13.5. The molecule has 6 amide bonds. The van der Waals surface area contributed by atoms with E-state index in [1.807, 2.05) is 48.5 Å². The molecule has 6 heterocycles. The normalized spacial score (nSPS) is 18.6. The molecule has 1 atom stereocenters. The highest BCUT2D eigenvalue weighted by molar-refractivity contribution is 6.50. The molecule has 9 rings (SSSR count). The second-order valence-corrected chi connectivity index (χ2v) is 15.6. The van der Waals surface area contributed by atoms with Gasteiger partial charge in [-0.3, -0.25) is 49.2 Å². The van der Waals surface area contributed by atoms with E-state index in [1.54, 1.807) is 35.6 Å². The van der Waals surface area contributed by atoms with Crippen LogP contribution in [0.3, 0.4) is 0 Å². The van der Waals surface area contributed by atoms with Gasteiger partial charge in [0.2, 0.25) is 17.8 Å². The number of carbonyl (C=O) groups is 6. The van der Waals surface area contributed by atoms with Crippen molar-refractivity contribution in [2.75, 3.05) is 56.0 Å². The van der Waals surface area contributed by atoms with E-state index in [1.165, 1.54) is 0 Å². The van der Waals surface area contributed by atoms with Gasteiger partial charge in [-0.15, -0.1) is 0 Å². The Morgan fingerprint density at radius 1 is 0.839 bits per heavy atom. The van der Waals surface area contributed by atoms with Crippen LogP contribution >= 0.6 is 0 Å². The molecule has 8 N–H and O–H groups in total. The third-order valence-electron chi connectivity index (χ3n) is 11.7. The zero-order valence-corrected chi connectivity index (χ0v) is 33.6. The van der Waals surface area contributed by atoms with E-state index >= 15 is 0 Å². The van der Waals surface area contributed by atoms with Gasteiger partial charge in [-0.2, -0.15) is 0 Å². The fraction of sp³-hybridized carbons (Fsp3) is 0.273. The average Bonchev–Trinajstić information content (AvgIpc) is 3.90. The summed E-state index contributed by atoms with van der Waals surface area (Å²) in [5.74, 6) is 3.59. The summed E-state index contributed by atoms with van der Waals surface area (Å²) in [6.45, 7) is 4.53. The lowest BCUT2D eigenvalue weighted by atomic mass is 9.97. The number of aromatic nitrogens is 3. The first kappa shape index (κ1) is 40.0. The topological polar surface area (TPSA) is 245 Å². The van der Waals surface area contributed by atoms with Crippen molar-refractivity contribution in [1.29, 1.82) is 0 Å². The fourth-order valence-electron chi connectivity index (χ4n) is 8.61. The predicted molar refractivity (Wildman–Crippen MR) is 230 cm³/mol. The number of carbonyl (C=O) groups excluding carboxylic acids is 6. The molecule has 0 radical (unpaired) electrons. The highest BCUT2D eigenvalue weighted by Gasteiger charge is 2.45. The molecule has 18 heteroatoms. The summed E-state index contributed by atoms with van der Waals surface area (Å²) >= 11 is 0. The number of nitrogens with zero attached hydrogens (tertiary/aromatic N) is 6. The van der Waals surface area contributed by atoms with Crippen LogP contribution in [0.4, 0.5) is 11.6 Å². The summed E-state index contributed by atoms with van der Waals surface area (Å²) in [5.41, 5.74) is 10.7. The van der Waals surface area contributed by atoms with Crippen LogP contribution in [0.1, 0.15) is 57.7 Å². The van der Waals surface area contributed by atoms with Gasteiger partial charge in [0.15, 0.2) is 0 Å². The summed E-state index contributed by atoms with van der Waals surface area (Å²) in [6.07, 6.45) is 4.74. The monoisotopic (exact) mass is 836 g/mol. The van der Waals surface area contributed by atoms with Crippen molar-refractivity contribution in [2.45, 2.75) is 31.7 Å². The minimum absolute atomic E-state index is 0.0451. The molecule has 3 aromatic carbocycles. The van der Waals surface area contributed by atoms with Crippen LogP contribution in [0.15, 0.2) is 84.8 Å². The van der Waals surface area contributed by atoms with Gasteiger partial charge in [0, 0.05) is 104 Å². The molecule has 2 fully saturated rings. The summed E-state index contributed by atoms with van der Waals surface area (Å²) in [5, 5.41) is 11.0. The molecule has 4 aliphatic rings. The number of hydrazine groups is 1. The zero-order valence-electron chi connectivity index (χ0n) is 33.6. The maximum atomic E-state index is 13.5. The fourth-order valence-corrected chi connectivity index (χ4v) is 8.61. The van der Waals surface area contributed by atoms with Crippen molar-refractivity contribution in [3.63, 3.8) is 0 Å². The Morgan fingerprint density at radius 2 is 1.60 bits per heavy atom. The van der Waals surface area contributed by atoms with Crippen LogP contribution in [0, 0.1) is 0 Å². The Bertz CT molecular complexity index is 2750. The number of hydrogen-bond donors (Lipinski definition) is 6. The van der Waals surface area contributed by atoms with Gasteiger partial charge in [-0.1, -0.05) is 42.5 Å². The Morgan fingerprint density at radius 3 is 2.40 bits per heavy atom. The molecule has 18 nitrogen and oxygen atoms in total. The van der Waals surface area contributed by atoms with Crippen molar-refractivity contribution >= 4 is 80.0 Å². The molecule has 0 spiro atoms. The SMILES string of the molecule is N/C(=C\N(N)CCCN1CCN(c2nc(C3=C(c4c[nH]c5ccccc45)C(=O)NC3=O)c3ccccc3n2)CC1)CCNc1cccc2c1C(=O)N(C1CCC(=O)NC1=O)C2=O. The van der Waals surface area contributed by atoms with Gasteiger partial charge in [-0.25, -0.2) is 15.8 Å². The maximum Gasteiger partial charge on any atom is 0.264 e. The third kappa shape index (κ3) is 7.49. The molecular formula is C44H44N12O6. The number of imide groups is 3. The van der Waals surface area contributed by atoms with Gasteiger partial charge in [0.25, 0.3) is 23.6 Å².